The van der Waals surface area contributed by atoms with E-state index in [1.807, 2.05) is 91.9 Å². The Kier molecular flexibility index (Phi) is 8.20. The van der Waals surface area contributed by atoms with Gasteiger partial charge in [0, 0.05) is 12.2 Å². The molecule has 8 heteroatoms. The normalized spacial score (nSPS) is 10.7. The van der Waals surface area contributed by atoms with Crippen molar-refractivity contribution in [2.45, 2.75) is 26.3 Å². The topological polar surface area (TPSA) is 113 Å². The van der Waals surface area contributed by atoms with Crippen LogP contribution in [-0.4, -0.2) is 28.5 Å². The monoisotopic (exact) mass is 497 g/mol. The van der Waals surface area contributed by atoms with Crippen molar-refractivity contribution in [3.63, 3.8) is 0 Å². The summed E-state index contributed by atoms with van der Waals surface area (Å²) in [5, 5.41) is 2.99. The number of rotatable bonds is 10. The Morgan fingerprint density at radius 2 is 1.54 bits per heavy atom. The van der Waals surface area contributed by atoms with Crippen LogP contribution >= 0.6 is 0 Å². The number of carbonyl (C=O) groups is 1. The van der Waals surface area contributed by atoms with E-state index in [0.717, 1.165) is 16.7 Å². The Balaban J connectivity index is 1.58. The standard InChI is InChI=1S/C29H31N5O3/c1-2-17-33(26-27(30)34(29(37)32-28(26)36)19-22-13-7-4-8-14-22)20-25(35)31-24-16-10-9-15-23(24)18-21-11-5-3-6-12-21/h3-16H,2,17-20,30H2,1H3,(H,31,35)(H,32,36,37). The van der Waals surface area contributed by atoms with Gasteiger partial charge in [0.2, 0.25) is 5.91 Å². The first-order valence-electron chi connectivity index (χ1n) is 12.3. The van der Waals surface area contributed by atoms with Gasteiger partial charge in [-0.1, -0.05) is 85.8 Å². The molecular formula is C29H31N5O3. The van der Waals surface area contributed by atoms with E-state index in [-0.39, 0.29) is 30.5 Å². The van der Waals surface area contributed by atoms with Gasteiger partial charge in [0.1, 0.15) is 11.5 Å². The maximum absolute atomic E-state index is 13.2. The van der Waals surface area contributed by atoms with Crippen LogP contribution in [0.4, 0.5) is 17.2 Å². The van der Waals surface area contributed by atoms with Gasteiger partial charge in [-0.2, -0.15) is 0 Å². The summed E-state index contributed by atoms with van der Waals surface area (Å²) in [5.41, 5.74) is 8.98. The molecule has 0 aliphatic carbocycles. The first-order valence-corrected chi connectivity index (χ1v) is 12.3. The number of nitrogens with zero attached hydrogens (tertiary/aromatic N) is 2. The zero-order valence-electron chi connectivity index (χ0n) is 20.8. The molecule has 4 aromatic rings. The summed E-state index contributed by atoms with van der Waals surface area (Å²) in [6.07, 6.45) is 1.35. The number of carbonyl (C=O) groups excluding carboxylic acids is 1. The predicted molar refractivity (Wildman–Crippen MR) is 148 cm³/mol. The summed E-state index contributed by atoms with van der Waals surface area (Å²) in [4.78, 5) is 42.6. The average molecular weight is 498 g/mol. The molecule has 0 atom stereocenters. The van der Waals surface area contributed by atoms with Crippen molar-refractivity contribution in [1.29, 1.82) is 0 Å². The van der Waals surface area contributed by atoms with Gasteiger partial charge in [-0.3, -0.25) is 19.1 Å². The van der Waals surface area contributed by atoms with Gasteiger partial charge in [-0.15, -0.1) is 0 Å². The smallest absolute Gasteiger partial charge is 0.330 e. The Morgan fingerprint density at radius 1 is 0.919 bits per heavy atom. The van der Waals surface area contributed by atoms with Crippen LogP contribution in [0, 0.1) is 0 Å². The number of amides is 1. The van der Waals surface area contributed by atoms with Crippen LogP contribution in [0.15, 0.2) is 94.5 Å². The number of anilines is 3. The molecule has 4 rings (SSSR count). The van der Waals surface area contributed by atoms with Gasteiger partial charge in [-0.25, -0.2) is 4.79 Å². The molecular weight excluding hydrogens is 466 g/mol. The van der Waals surface area contributed by atoms with Crippen molar-refractivity contribution in [1.82, 2.24) is 9.55 Å². The lowest BCUT2D eigenvalue weighted by molar-refractivity contribution is -0.115. The molecule has 4 N–H and O–H groups in total. The fourth-order valence-corrected chi connectivity index (χ4v) is 4.32. The molecule has 0 unspecified atom stereocenters. The Labute approximate surface area is 215 Å². The van der Waals surface area contributed by atoms with Crippen LogP contribution in [0.5, 0.6) is 0 Å². The minimum atomic E-state index is -0.613. The molecule has 0 saturated carbocycles. The number of H-pyrrole nitrogens is 1. The molecule has 190 valence electrons. The highest BCUT2D eigenvalue weighted by atomic mass is 16.2. The van der Waals surface area contributed by atoms with Crippen molar-refractivity contribution in [3.8, 4) is 0 Å². The second-order valence-electron chi connectivity index (χ2n) is 8.85. The van der Waals surface area contributed by atoms with E-state index in [1.54, 1.807) is 4.90 Å². The number of aromatic nitrogens is 2. The molecule has 0 spiro atoms. The molecule has 37 heavy (non-hydrogen) atoms. The molecule has 3 aromatic carbocycles. The van der Waals surface area contributed by atoms with Crippen LogP contribution in [0.25, 0.3) is 0 Å². The number of aromatic amines is 1. The van der Waals surface area contributed by atoms with E-state index < -0.39 is 11.2 Å². The lowest BCUT2D eigenvalue weighted by atomic mass is 10.0. The van der Waals surface area contributed by atoms with Gasteiger partial charge in [0.15, 0.2) is 0 Å². The third kappa shape index (κ3) is 6.35. The van der Waals surface area contributed by atoms with Gasteiger partial charge < -0.3 is 16.0 Å². The Hall–Kier alpha value is -4.59. The van der Waals surface area contributed by atoms with E-state index in [0.29, 0.717) is 25.1 Å². The Morgan fingerprint density at radius 3 is 2.22 bits per heavy atom. The van der Waals surface area contributed by atoms with Crippen molar-refractivity contribution in [2.75, 3.05) is 29.0 Å². The van der Waals surface area contributed by atoms with Gasteiger partial charge in [0.25, 0.3) is 5.56 Å². The molecule has 0 bridgehead atoms. The second-order valence-corrected chi connectivity index (χ2v) is 8.85. The van der Waals surface area contributed by atoms with Crippen LogP contribution in [0.3, 0.4) is 0 Å². The second kappa shape index (κ2) is 11.9. The van der Waals surface area contributed by atoms with Crippen molar-refractivity contribution in [2.24, 2.45) is 0 Å². The van der Waals surface area contributed by atoms with Crippen molar-refractivity contribution < 1.29 is 4.79 Å². The van der Waals surface area contributed by atoms with Crippen LogP contribution in [0.2, 0.25) is 0 Å². The Bertz CT molecular complexity index is 1460. The fourth-order valence-electron chi connectivity index (χ4n) is 4.32. The number of nitrogens with two attached hydrogens (primary N) is 1. The molecule has 0 fully saturated rings. The summed E-state index contributed by atoms with van der Waals surface area (Å²) in [7, 11) is 0. The van der Waals surface area contributed by atoms with Crippen LogP contribution in [-0.2, 0) is 17.8 Å². The van der Waals surface area contributed by atoms with Crippen molar-refractivity contribution >= 4 is 23.1 Å². The van der Waals surface area contributed by atoms with Gasteiger partial charge in [-0.05, 0) is 35.6 Å². The first-order chi connectivity index (χ1) is 18.0. The molecule has 0 radical (unpaired) electrons. The molecule has 0 aliphatic rings. The fraction of sp³-hybridized carbons (Fsp3) is 0.207. The summed E-state index contributed by atoms with van der Waals surface area (Å²) >= 11 is 0. The van der Waals surface area contributed by atoms with E-state index in [2.05, 4.69) is 10.3 Å². The number of nitrogen functional groups attached to an aromatic ring is 1. The zero-order valence-corrected chi connectivity index (χ0v) is 20.8. The number of hydrogen-bond acceptors (Lipinski definition) is 5. The largest absolute Gasteiger partial charge is 0.383 e. The molecule has 1 aromatic heterocycles. The lowest BCUT2D eigenvalue weighted by Crippen LogP contribution is -2.42. The number of hydrogen-bond donors (Lipinski definition) is 3. The molecule has 8 nitrogen and oxygen atoms in total. The maximum atomic E-state index is 13.2. The predicted octanol–water partition coefficient (Wildman–Crippen LogP) is 3.61. The minimum absolute atomic E-state index is 0.0309. The van der Waals surface area contributed by atoms with Crippen molar-refractivity contribution in [3.05, 3.63) is 122 Å². The summed E-state index contributed by atoms with van der Waals surface area (Å²) in [6.45, 7) is 2.47. The molecule has 0 saturated heterocycles. The van der Waals surface area contributed by atoms with E-state index in [9.17, 15) is 14.4 Å². The molecule has 1 amide bonds. The number of nitrogens with one attached hydrogen (secondary N) is 2. The third-order valence-electron chi connectivity index (χ3n) is 6.07. The van der Waals surface area contributed by atoms with E-state index in [4.69, 9.17) is 5.73 Å². The number of benzene rings is 3. The zero-order chi connectivity index (χ0) is 26.2. The summed E-state index contributed by atoms with van der Waals surface area (Å²) < 4.78 is 1.32. The number of para-hydroxylation sites is 1. The quantitative estimate of drug-likeness (QED) is 0.310. The third-order valence-corrected chi connectivity index (χ3v) is 6.07. The van der Waals surface area contributed by atoms with E-state index >= 15 is 0 Å². The summed E-state index contributed by atoms with van der Waals surface area (Å²) in [6, 6.07) is 27.0. The average Bonchev–Trinajstić information content (AvgIpc) is 2.89. The SMILES string of the molecule is CCCN(CC(=O)Nc1ccccc1Cc1ccccc1)c1c(N)n(Cc2ccccc2)c(=O)[nH]c1=O. The highest BCUT2D eigenvalue weighted by Gasteiger charge is 2.21. The first kappa shape index (κ1) is 25.5. The summed E-state index contributed by atoms with van der Waals surface area (Å²) in [5.74, 6) is -0.253. The molecule has 0 aliphatic heterocycles. The van der Waals surface area contributed by atoms with Gasteiger partial charge >= 0.3 is 5.69 Å². The minimum Gasteiger partial charge on any atom is -0.383 e. The molecule has 1 heterocycles. The highest BCUT2D eigenvalue weighted by Crippen LogP contribution is 2.21. The lowest BCUT2D eigenvalue weighted by Gasteiger charge is -2.25. The van der Waals surface area contributed by atoms with E-state index in [1.165, 1.54) is 4.57 Å². The van der Waals surface area contributed by atoms with Gasteiger partial charge in [0.05, 0.1) is 13.1 Å². The maximum Gasteiger partial charge on any atom is 0.330 e. The highest BCUT2D eigenvalue weighted by molar-refractivity contribution is 5.95. The van der Waals surface area contributed by atoms with Crippen LogP contribution < -0.4 is 27.2 Å². The van der Waals surface area contributed by atoms with Crippen LogP contribution in [0.1, 0.15) is 30.0 Å².